The van der Waals surface area contributed by atoms with Crippen LogP contribution in [-0.4, -0.2) is 142 Å². The zero-order chi connectivity index (χ0) is 55.4. The molecule has 0 aromatic rings. The predicted molar refractivity (Wildman–Crippen MR) is 325 cm³/mol. The number of nitrogens with zero attached hydrogens (tertiary/aromatic N) is 3. The Morgan fingerprint density at radius 3 is 0.479 bits per heavy atom. The first-order valence-electron chi connectivity index (χ1n) is 32.2. The van der Waals surface area contributed by atoms with Crippen LogP contribution < -0.4 is 12.4 Å². The molecule has 0 aromatic carbocycles. The van der Waals surface area contributed by atoms with Gasteiger partial charge in [-0.3, -0.25) is 8.42 Å². The molecule has 444 valence electrons. The number of quaternary nitrogens is 3. The molecular weight excluding hydrogens is 953 g/mol. The fraction of sp³-hybridized carbons (Fsp3) is 1.00. The van der Waals surface area contributed by atoms with Crippen LogP contribution in [0, 0.1) is 0 Å². The van der Waals surface area contributed by atoms with Gasteiger partial charge in [0.1, 0.15) is 0 Å². The van der Waals surface area contributed by atoms with Gasteiger partial charge in [0.15, 0.2) is 0 Å². The summed E-state index contributed by atoms with van der Waals surface area (Å²) in [5, 5.41) is 0. The van der Waals surface area contributed by atoms with Crippen molar-refractivity contribution in [2.75, 3.05) is 83.1 Å². The third-order valence-corrected chi connectivity index (χ3v) is 14.5. The molecule has 0 radical (unpaired) electrons. The van der Waals surface area contributed by atoms with E-state index in [4.69, 9.17) is 17.5 Å². The number of hydrogen-bond acceptors (Lipinski definition) is 4. The summed E-state index contributed by atoms with van der Waals surface area (Å²) >= 11 is 1.41. The average molecular weight is 1090 g/mol. The molecule has 73 heavy (non-hydrogen) atoms. The maximum atomic E-state index is 8.52. The van der Waals surface area contributed by atoms with Crippen molar-refractivity contribution in [3.05, 3.63) is 0 Å². The smallest absolute Gasteiger partial charge is 0.0311 e. The van der Waals surface area contributed by atoms with E-state index in [0.29, 0.717) is 0 Å². The summed E-state index contributed by atoms with van der Waals surface area (Å²) in [4.78, 5) is 0. The molecule has 0 amide bonds. The van der Waals surface area contributed by atoms with Crippen molar-refractivity contribution in [3.63, 3.8) is 0 Å². The molecule has 0 saturated carbocycles. The van der Waals surface area contributed by atoms with E-state index in [2.05, 4.69) is 91.1 Å². The Labute approximate surface area is 488 Å². The van der Waals surface area contributed by atoms with Crippen molar-refractivity contribution >= 4 is 38.3 Å². The van der Waals surface area contributed by atoms with Crippen LogP contribution in [0.2, 0.25) is 3.67 Å². The number of unbranched alkanes of at least 4 members (excludes halogenated alkanes) is 42. The van der Waals surface area contributed by atoms with Crippen LogP contribution >= 0.6 is 0 Å². The Hall–Kier alpha value is 1.04. The number of halogens is 1. The Bertz CT molecular complexity index is 958. The first-order chi connectivity index (χ1) is 34.1. The molecule has 0 aliphatic rings. The summed E-state index contributed by atoms with van der Waals surface area (Å²) < 4.78 is 39.0. The van der Waals surface area contributed by atoms with Crippen molar-refractivity contribution in [1.29, 1.82) is 0 Å². The monoisotopic (exact) mass is 1090 g/mol. The third-order valence-electron chi connectivity index (χ3n) is 13.8. The Morgan fingerprint density at radius 1 is 0.260 bits per heavy atom. The standard InChI is InChI=1S/3C17H38N.C12H25.ClH.Na.H2O4S/c3*1-5-6-7-8-9-10-11-12-13-14-15-16-17-18(2,3)4;1-3-5-7-9-11-12-10-8-6-4-2;;;1-5(2,3)4/h3*5-17H2,1-4H3;1,3-12H2,2H3;1H;;(H2,1,2,3,4)/q3*+1;;;;/p-3. The van der Waals surface area contributed by atoms with Crippen molar-refractivity contribution in [2.24, 2.45) is 0 Å². The molecule has 0 rings (SSSR count). The summed E-state index contributed by atoms with van der Waals surface area (Å²) in [5.74, 6) is 0. The van der Waals surface area contributed by atoms with Gasteiger partial charge in [0.2, 0.25) is 0 Å². The topological polar surface area (TPSA) is 80.3 Å². The van der Waals surface area contributed by atoms with Crippen LogP contribution in [-0.2, 0) is 10.4 Å². The van der Waals surface area contributed by atoms with E-state index in [1.165, 1.54) is 347 Å². The fourth-order valence-electron chi connectivity index (χ4n) is 9.02. The average Bonchev–Trinajstić information content (AvgIpc) is 3.28. The van der Waals surface area contributed by atoms with Crippen LogP contribution in [0.25, 0.3) is 0 Å². The van der Waals surface area contributed by atoms with E-state index in [-0.39, 0.29) is 12.4 Å². The van der Waals surface area contributed by atoms with E-state index < -0.39 is 10.4 Å². The Kier molecular flexibility index (Phi) is 78.7. The fourth-order valence-corrected chi connectivity index (χ4v) is 9.52. The second kappa shape index (κ2) is 67.3. The van der Waals surface area contributed by atoms with Gasteiger partial charge in [-0.1, -0.05) is 213 Å². The Morgan fingerprint density at radius 2 is 0.370 bits per heavy atom. The summed E-state index contributed by atoms with van der Waals surface area (Å²) in [6, 6.07) is 0. The summed E-state index contributed by atoms with van der Waals surface area (Å²) in [7, 11) is 15.4. The molecule has 0 saturated heterocycles. The van der Waals surface area contributed by atoms with Gasteiger partial charge in [0.05, 0.1) is 83.1 Å². The van der Waals surface area contributed by atoms with E-state index in [0.717, 1.165) is 13.4 Å². The van der Waals surface area contributed by atoms with E-state index >= 15 is 0 Å². The molecule has 0 aromatic heterocycles. The van der Waals surface area contributed by atoms with Crippen molar-refractivity contribution in [3.8, 4) is 0 Å². The van der Waals surface area contributed by atoms with Gasteiger partial charge in [0.25, 0.3) is 0 Å². The molecule has 0 N–H and O–H groups in total. The first-order valence-corrected chi connectivity index (χ1v) is 34.9. The maximum Gasteiger partial charge on any atom is 0.0311 e. The van der Waals surface area contributed by atoms with Crippen LogP contribution in [0.4, 0.5) is 0 Å². The predicted octanol–water partition coefficient (Wildman–Crippen LogP) is 16.3. The SMILES string of the molecule is CCCCCCCCCCCCCC[N+](C)(C)C.CCCCCCCCCCCCCC[N+](C)(C)C.CCCCCCCCCCCCCC[N+](C)(C)C.CCCCCCCCCCC[CH2][Na].O=S(=O)([O-])[O-].[Cl-]. The molecule has 0 aliphatic carbocycles. The van der Waals surface area contributed by atoms with E-state index in [1.54, 1.807) is 0 Å². The van der Waals surface area contributed by atoms with Gasteiger partial charge in [-0.05, 0) is 38.5 Å². The van der Waals surface area contributed by atoms with Crippen molar-refractivity contribution in [2.45, 2.75) is 327 Å². The van der Waals surface area contributed by atoms with Crippen molar-refractivity contribution in [1.82, 2.24) is 0 Å². The van der Waals surface area contributed by atoms with Crippen LogP contribution in [0.3, 0.4) is 0 Å². The zero-order valence-electron chi connectivity index (χ0n) is 53.1. The van der Waals surface area contributed by atoms with Crippen LogP contribution in [0.1, 0.15) is 323 Å². The van der Waals surface area contributed by atoms with Gasteiger partial charge >= 0.3 is 103 Å². The van der Waals surface area contributed by atoms with Crippen LogP contribution in [0.15, 0.2) is 0 Å². The molecular formula is C63H139ClN3NaO4S. The van der Waals surface area contributed by atoms with Gasteiger partial charge in [-0.25, -0.2) is 0 Å². The largest absolute Gasteiger partial charge is 1.00 e. The molecule has 0 aliphatic heterocycles. The summed E-state index contributed by atoms with van der Waals surface area (Å²) in [6.07, 6.45) is 66.9. The minimum atomic E-state index is -5.17. The van der Waals surface area contributed by atoms with Crippen molar-refractivity contribution < 1.29 is 43.4 Å². The number of hydrogen-bond donors (Lipinski definition) is 0. The van der Waals surface area contributed by atoms with Crippen LogP contribution in [0.5, 0.6) is 0 Å². The van der Waals surface area contributed by atoms with Gasteiger partial charge in [-0.15, -0.1) is 0 Å². The molecule has 0 fully saturated rings. The third kappa shape index (κ3) is 117. The molecule has 7 nitrogen and oxygen atoms in total. The minimum absolute atomic E-state index is 0. The summed E-state index contributed by atoms with van der Waals surface area (Å²) in [6.45, 7) is 13.1. The molecule has 10 heteroatoms. The summed E-state index contributed by atoms with van der Waals surface area (Å²) in [5.41, 5.74) is 0. The second-order valence-corrected chi connectivity index (χ2v) is 27.1. The number of rotatable bonds is 49. The molecule has 0 unspecified atom stereocenters. The normalized spacial score (nSPS) is 11.6. The zero-order valence-corrected chi connectivity index (χ0v) is 56.7. The van der Waals surface area contributed by atoms with Gasteiger partial charge < -0.3 is 35.0 Å². The van der Waals surface area contributed by atoms with E-state index in [9.17, 15) is 0 Å². The van der Waals surface area contributed by atoms with E-state index in [1.807, 2.05) is 0 Å². The minimum Gasteiger partial charge on any atom is -1.00 e. The van der Waals surface area contributed by atoms with Gasteiger partial charge in [-0.2, -0.15) is 0 Å². The second-order valence-electron chi connectivity index (χ2n) is 25.3. The maximum absolute atomic E-state index is 8.52. The molecule has 0 atom stereocenters. The molecule has 0 spiro atoms. The molecule has 0 heterocycles. The first kappa shape index (κ1) is 85.3. The quantitative estimate of drug-likeness (QED) is 0.0200. The van der Waals surface area contributed by atoms with Gasteiger partial charge in [0, 0.05) is 10.4 Å². The molecule has 0 bridgehead atoms. The Balaban J connectivity index is -0.000000199.